The molecule has 1 saturated heterocycles. The van der Waals surface area contributed by atoms with Crippen molar-refractivity contribution in [2.24, 2.45) is 5.92 Å². The summed E-state index contributed by atoms with van der Waals surface area (Å²) in [6.07, 6.45) is 2.17. The number of hydrogen-bond donors (Lipinski definition) is 2. The molecule has 0 amide bonds. The Hall–Kier alpha value is -1.06. The summed E-state index contributed by atoms with van der Waals surface area (Å²) in [5.41, 5.74) is 3.56. The van der Waals surface area contributed by atoms with E-state index in [1.165, 1.54) is 42.0 Å². The number of piperidine rings is 1. The Morgan fingerprint density at radius 3 is 2.48 bits per heavy atom. The van der Waals surface area contributed by atoms with Crippen molar-refractivity contribution in [3.63, 3.8) is 0 Å². The molecule has 1 aliphatic heterocycles. The highest BCUT2D eigenvalue weighted by Crippen LogP contribution is 2.25. The van der Waals surface area contributed by atoms with E-state index < -0.39 is 0 Å². The highest BCUT2D eigenvalue weighted by atomic mass is 16.5. The molecule has 2 N–H and O–H groups in total. The predicted molar refractivity (Wildman–Crippen MR) is 86.1 cm³/mol. The number of aliphatic hydroxyl groups is 1. The minimum Gasteiger partial charge on any atom is -0.490 e. The van der Waals surface area contributed by atoms with Crippen molar-refractivity contribution in [2.45, 2.75) is 46.6 Å². The first-order valence-electron chi connectivity index (χ1n) is 8.18. The molecule has 1 aromatic carbocycles. The van der Waals surface area contributed by atoms with E-state index >= 15 is 0 Å². The maximum absolute atomic E-state index is 10.2. The highest BCUT2D eigenvalue weighted by molar-refractivity contribution is 5.44. The van der Waals surface area contributed by atoms with Crippen LogP contribution in [0.1, 0.15) is 36.5 Å². The fourth-order valence-electron chi connectivity index (χ4n) is 3.09. The van der Waals surface area contributed by atoms with E-state index in [0.29, 0.717) is 6.61 Å². The molecule has 0 aromatic heterocycles. The average Bonchev–Trinajstić information content (AvgIpc) is 2.45. The zero-order chi connectivity index (χ0) is 15.4. The second-order valence-corrected chi connectivity index (χ2v) is 6.75. The lowest BCUT2D eigenvalue weighted by atomic mass is 9.99. The SMILES string of the molecule is Cc1ccc(C)c(OC[C@H](O)C[NH+]2CCC(C)CC2)c1C. The van der Waals surface area contributed by atoms with Crippen molar-refractivity contribution >= 4 is 0 Å². The summed E-state index contributed by atoms with van der Waals surface area (Å²) < 4.78 is 5.91. The van der Waals surface area contributed by atoms with Crippen molar-refractivity contribution in [1.29, 1.82) is 0 Å². The van der Waals surface area contributed by atoms with Gasteiger partial charge in [0.05, 0.1) is 13.1 Å². The van der Waals surface area contributed by atoms with Gasteiger partial charge in [0.15, 0.2) is 0 Å². The largest absolute Gasteiger partial charge is 0.490 e. The first-order valence-corrected chi connectivity index (χ1v) is 8.18. The maximum atomic E-state index is 10.2. The lowest BCUT2D eigenvalue weighted by Gasteiger charge is -2.29. The van der Waals surface area contributed by atoms with Crippen LogP contribution >= 0.6 is 0 Å². The van der Waals surface area contributed by atoms with Gasteiger partial charge in [0.25, 0.3) is 0 Å². The lowest BCUT2D eigenvalue weighted by molar-refractivity contribution is -0.909. The molecule has 0 unspecified atom stereocenters. The molecular weight excluding hydrogens is 262 g/mol. The molecule has 1 aliphatic rings. The van der Waals surface area contributed by atoms with Crippen LogP contribution in [-0.2, 0) is 0 Å². The van der Waals surface area contributed by atoms with E-state index in [9.17, 15) is 5.11 Å². The van der Waals surface area contributed by atoms with Gasteiger partial charge < -0.3 is 14.7 Å². The van der Waals surface area contributed by atoms with Gasteiger partial charge in [-0.05, 0) is 56.2 Å². The molecule has 118 valence electrons. The van der Waals surface area contributed by atoms with Crippen LogP contribution < -0.4 is 9.64 Å². The Labute approximate surface area is 128 Å². The molecule has 0 spiro atoms. The summed E-state index contributed by atoms with van der Waals surface area (Å²) in [5.74, 6) is 1.79. The monoisotopic (exact) mass is 292 g/mol. The third kappa shape index (κ3) is 4.45. The number of aliphatic hydroxyl groups excluding tert-OH is 1. The molecule has 0 aliphatic carbocycles. The fraction of sp³-hybridized carbons (Fsp3) is 0.667. The van der Waals surface area contributed by atoms with Crippen LogP contribution in [0.15, 0.2) is 12.1 Å². The standard InChI is InChI=1S/C18H29NO2/c1-13-7-9-19(10-8-13)11-17(20)12-21-18-15(3)6-5-14(2)16(18)4/h5-6,13,17,20H,7-12H2,1-4H3/p+1/t17-/m1/s1. The van der Waals surface area contributed by atoms with E-state index in [4.69, 9.17) is 4.74 Å². The smallest absolute Gasteiger partial charge is 0.137 e. The number of likely N-dealkylation sites (tertiary alicyclic amines) is 1. The number of nitrogens with one attached hydrogen (secondary N) is 1. The van der Waals surface area contributed by atoms with E-state index in [1.807, 2.05) is 0 Å². The van der Waals surface area contributed by atoms with Crippen molar-refractivity contribution in [2.75, 3.05) is 26.2 Å². The maximum Gasteiger partial charge on any atom is 0.137 e. The van der Waals surface area contributed by atoms with E-state index in [1.54, 1.807) is 0 Å². The number of quaternary nitrogens is 1. The molecule has 21 heavy (non-hydrogen) atoms. The molecule has 3 heteroatoms. The molecule has 0 saturated carbocycles. The number of rotatable bonds is 5. The molecule has 0 bridgehead atoms. The van der Waals surface area contributed by atoms with E-state index in [-0.39, 0.29) is 6.10 Å². The van der Waals surface area contributed by atoms with Gasteiger partial charge in [-0.15, -0.1) is 0 Å². The highest BCUT2D eigenvalue weighted by Gasteiger charge is 2.22. The number of ether oxygens (including phenoxy) is 1. The summed E-state index contributed by atoms with van der Waals surface area (Å²) in [6, 6.07) is 4.20. The minimum atomic E-state index is -0.382. The Morgan fingerprint density at radius 1 is 1.19 bits per heavy atom. The molecule has 1 aromatic rings. The number of hydrogen-bond acceptors (Lipinski definition) is 2. The zero-order valence-corrected chi connectivity index (χ0v) is 13.9. The first kappa shape index (κ1) is 16.3. The van der Waals surface area contributed by atoms with Crippen LogP contribution in [0.2, 0.25) is 0 Å². The molecule has 1 heterocycles. The molecule has 1 fully saturated rings. The second-order valence-electron chi connectivity index (χ2n) is 6.75. The fourth-order valence-corrected chi connectivity index (χ4v) is 3.09. The molecule has 2 rings (SSSR count). The van der Waals surface area contributed by atoms with Gasteiger partial charge in [-0.25, -0.2) is 0 Å². The summed E-state index contributed by atoms with van der Waals surface area (Å²) in [4.78, 5) is 1.52. The van der Waals surface area contributed by atoms with Crippen LogP contribution in [0.25, 0.3) is 0 Å². The predicted octanol–water partition coefficient (Wildman–Crippen LogP) is 1.67. The van der Waals surface area contributed by atoms with Crippen LogP contribution in [0.3, 0.4) is 0 Å². The van der Waals surface area contributed by atoms with Crippen molar-refractivity contribution < 1.29 is 14.7 Å². The van der Waals surface area contributed by atoms with Gasteiger partial charge in [-0.2, -0.15) is 0 Å². The van der Waals surface area contributed by atoms with Gasteiger partial charge in [0.2, 0.25) is 0 Å². The third-order valence-electron chi connectivity index (χ3n) is 4.80. The Balaban J connectivity index is 1.84. The third-order valence-corrected chi connectivity index (χ3v) is 4.80. The Kier molecular flexibility index (Phi) is 5.65. The van der Waals surface area contributed by atoms with Crippen molar-refractivity contribution in [3.8, 4) is 5.75 Å². The van der Waals surface area contributed by atoms with Gasteiger partial charge >= 0.3 is 0 Å². The quantitative estimate of drug-likeness (QED) is 0.865. The molecule has 0 radical (unpaired) electrons. The number of aryl methyl sites for hydroxylation is 2. The Bertz CT molecular complexity index is 465. The van der Waals surface area contributed by atoms with Crippen LogP contribution in [0.5, 0.6) is 5.75 Å². The van der Waals surface area contributed by atoms with Gasteiger partial charge in [-0.1, -0.05) is 19.1 Å². The topological polar surface area (TPSA) is 33.9 Å². The molecule has 1 atom stereocenters. The van der Waals surface area contributed by atoms with Crippen LogP contribution in [0, 0.1) is 26.7 Å². The first-order chi connectivity index (χ1) is 9.97. The van der Waals surface area contributed by atoms with Gasteiger partial charge in [0, 0.05) is 0 Å². The second kappa shape index (κ2) is 7.28. The minimum absolute atomic E-state index is 0.382. The normalized spacial score (nSPS) is 23.9. The van der Waals surface area contributed by atoms with E-state index in [0.717, 1.165) is 23.8 Å². The average molecular weight is 292 g/mol. The van der Waals surface area contributed by atoms with Gasteiger partial charge in [-0.3, -0.25) is 0 Å². The number of benzene rings is 1. The molecular formula is C18H30NO2+. The summed E-state index contributed by atoms with van der Waals surface area (Å²) >= 11 is 0. The zero-order valence-electron chi connectivity index (χ0n) is 13.9. The summed E-state index contributed by atoms with van der Waals surface area (Å²) in [5, 5.41) is 10.2. The molecule has 3 nitrogen and oxygen atoms in total. The van der Waals surface area contributed by atoms with Crippen LogP contribution in [0.4, 0.5) is 0 Å². The van der Waals surface area contributed by atoms with Crippen molar-refractivity contribution in [1.82, 2.24) is 0 Å². The summed E-state index contributed by atoms with van der Waals surface area (Å²) in [6.45, 7) is 12.1. The van der Waals surface area contributed by atoms with Crippen LogP contribution in [-0.4, -0.2) is 37.5 Å². The summed E-state index contributed by atoms with van der Waals surface area (Å²) in [7, 11) is 0. The van der Waals surface area contributed by atoms with Crippen molar-refractivity contribution in [3.05, 3.63) is 28.8 Å². The van der Waals surface area contributed by atoms with E-state index in [2.05, 4.69) is 39.8 Å². The Morgan fingerprint density at radius 2 is 1.81 bits per heavy atom. The lowest BCUT2D eigenvalue weighted by Crippen LogP contribution is -3.14. The van der Waals surface area contributed by atoms with Gasteiger partial charge in [0.1, 0.15) is 25.0 Å².